The van der Waals surface area contributed by atoms with Gasteiger partial charge in [0.05, 0.1) is 6.61 Å². The van der Waals surface area contributed by atoms with Crippen molar-refractivity contribution in [2.24, 2.45) is 0 Å². The van der Waals surface area contributed by atoms with Crippen molar-refractivity contribution in [1.29, 1.82) is 0 Å². The van der Waals surface area contributed by atoms with Crippen molar-refractivity contribution in [1.82, 2.24) is 5.32 Å². The van der Waals surface area contributed by atoms with E-state index in [4.69, 9.17) is 19.3 Å². The normalized spacial score (nSPS) is 11.1. The van der Waals surface area contributed by atoms with Crippen LogP contribution in [0.3, 0.4) is 0 Å². The molecule has 0 bridgehead atoms. The summed E-state index contributed by atoms with van der Waals surface area (Å²) in [7, 11) is 0. The number of ether oxygens (including phenoxy) is 3. The predicted molar refractivity (Wildman–Crippen MR) is 98.6 cm³/mol. The molecule has 28 heavy (non-hydrogen) atoms. The summed E-state index contributed by atoms with van der Waals surface area (Å²) < 4.78 is 14.6. The first-order valence-electron chi connectivity index (χ1n) is 8.58. The number of hydrogen-bond acceptors (Lipinski definition) is 6. The second kappa shape index (κ2) is 11.2. The summed E-state index contributed by atoms with van der Waals surface area (Å²) in [6.45, 7) is -0.505. The van der Waals surface area contributed by atoms with E-state index >= 15 is 0 Å². The van der Waals surface area contributed by atoms with E-state index in [-0.39, 0.29) is 13.2 Å². The number of carbonyl (C=O) groups is 3. The van der Waals surface area contributed by atoms with Gasteiger partial charge in [-0.15, -0.1) is 0 Å². The Morgan fingerprint density at radius 1 is 0.857 bits per heavy atom. The fourth-order valence-corrected chi connectivity index (χ4v) is 2.17. The third-order valence-corrected chi connectivity index (χ3v) is 3.62. The molecule has 0 aromatic heterocycles. The first-order valence-corrected chi connectivity index (χ1v) is 8.58. The van der Waals surface area contributed by atoms with Gasteiger partial charge in [-0.25, -0.2) is 14.4 Å². The Kier molecular flexibility index (Phi) is 8.32. The molecule has 2 aromatic carbocycles. The molecule has 2 N–H and O–H groups in total. The van der Waals surface area contributed by atoms with Crippen LogP contribution in [-0.4, -0.2) is 42.6 Å². The summed E-state index contributed by atoms with van der Waals surface area (Å²) in [5.74, 6) is -1.37. The molecule has 8 nitrogen and oxygen atoms in total. The Labute approximate surface area is 162 Å². The smallest absolute Gasteiger partial charge is 0.480 e. The lowest BCUT2D eigenvalue weighted by Gasteiger charge is -2.15. The van der Waals surface area contributed by atoms with Gasteiger partial charge in [-0.1, -0.05) is 60.7 Å². The van der Waals surface area contributed by atoms with Crippen LogP contribution >= 0.6 is 0 Å². The molecule has 0 aliphatic heterocycles. The van der Waals surface area contributed by atoms with Crippen molar-refractivity contribution < 1.29 is 33.7 Å². The van der Waals surface area contributed by atoms with Gasteiger partial charge in [-0.05, 0) is 11.1 Å². The molecule has 0 spiro atoms. The molecule has 148 valence electrons. The Morgan fingerprint density at radius 3 is 2.07 bits per heavy atom. The standard InChI is InChI=1S/C20H21NO7/c22-18(23)17(21-19(24)27-13-16-9-5-2-6-10-16)14-28-20(25)26-12-11-15-7-3-1-4-8-15/h1-10,17H,11-14H2,(H,21,24)(H,22,23). The van der Waals surface area contributed by atoms with Crippen molar-refractivity contribution in [3.05, 3.63) is 71.8 Å². The van der Waals surface area contributed by atoms with E-state index in [1.165, 1.54) is 0 Å². The fourth-order valence-electron chi connectivity index (χ4n) is 2.17. The SMILES string of the molecule is O=C(NC(COC(=O)OCCc1ccccc1)C(=O)O)OCc1ccccc1. The zero-order chi connectivity index (χ0) is 20.2. The average molecular weight is 387 g/mol. The lowest BCUT2D eigenvalue weighted by atomic mass is 10.2. The second-order valence-electron chi connectivity index (χ2n) is 5.74. The van der Waals surface area contributed by atoms with Gasteiger partial charge in [0.25, 0.3) is 0 Å². The highest BCUT2D eigenvalue weighted by molar-refractivity contribution is 5.80. The molecule has 2 aromatic rings. The van der Waals surface area contributed by atoms with E-state index in [1.807, 2.05) is 36.4 Å². The van der Waals surface area contributed by atoms with E-state index < -0.39 is 30.9 Å². The summed E-state index contributed by atoms with van der Waals surface area (Å²) in [5.41, 5.74) is 1.74. The summed E-state index contributed by atoms with van der Waals surface area (Å²) in [5, 5.41) is 11.3. The summed E-state index contributed by atoms with van der Waals surface area (Å²) in [4.78, 5) is 34.5. The van der Waals surface area contributed by atoms with Gasteiger partial charge in [-0.2, -0.15) is 0 Å². The number of benzene rings is 2. The maximum absolute atomic E-state index is 11.7. The van der Waals surface area contributed by atoms with Crippen molar-refractivity contribution in [2.75, 3.05) is 13.2 Å². The van der Waals surface area contributed by atoms with Crippen LogP contribution in [0, 0.1) is 0 Å². The van der Waals surface area contributed by atoms with Crippen LogP contribution in [0.25, 0.3) is 0 Å². The van der Waals surface area contributed by atoms with Crippen LogP contribution in [0.15, 0.2) is 60.7 Å². The molecule has 1 amide bonds. The van der Waals surface area contributed by atoms with Gasteiger partial charge >= 0.3 is 18.2 Å². The third kappa shape index (κ3) is 7.77. The monoisotopic (exact) mass is 387 g/mol. The van der Waals surface area contributed by atoms with E-state index in [9.17, 15) is 14.4 Å². The maximum Gasteiger partial charge on any atom is 0.508 e. The quantitative estimate of drug-likeness (QED) is 0.636. The number of rotatable bonds is 9. The van der Waals surface area contributed by atoms with Gasteiger partial charge < -0.3 is 24.6 Å². The van der Waals surface area contributed by atoms with Crippen LogP contribution in [0.2, 0.25) is 0 Å². The van der Waals surface area contributed by atoms with Gasteiger partial charge in [0, 0.05) is 6.42 Å². The molecule has 2 rings (SSSR count). The minimum Gasteiger partial charge on any atom is -0.480 e. The van der Waals surface area contributed by atoms with Crippen LogP contribution in [-0.2, 0) is 32.0 Å². The first-order chi connectivity index (χ1) is 13.5. The fraction of sp³-hybridized carbons (Fsp3) is 0.250. The molecule has 0 fully saturated rings. The van der Waals surface area contributed by atoms with Crippen molar-refractivity contribution in [2.45, 2.75) is 19.1 Å². The van der Waals surface area contributed by atoms with E-state index in [0.29, 0.717) is 6.42 Å². The lowest BCUT2D eigenvalue weighted by molar-refractivity contribution is -0.140. The zero-order valence-corrected chi connectivity index (χ0v) is 15.1. The van der Waals surface area contributed by atoms with Crippen molar-refractivity contribution in [3.8, 4) is 0 Å². The Hall–Kier alpha value is -3.55. The highest BCUT2D eigenvalue weighted by Gasteiger charge is 2.23. The largest absolute Gasteiger partial charge is 0.508 e. The van der Waals surface area contributed by atoms with Crippen LogP contribution < -0.4 is 5.32 Å². The molecule has 0 aliphatic rings. The number of amides is 1. The molecule has 0 heterocycles. The van der Waals surface area contributed by atoms with Crippen molar-refractivity contribution in [3.63, 3.8) is 0 Å². The van der Waals surface area contributed by atoms with Crippen LogP contribution in [0.5, 0.6) is 0 Å². The number of nitrogens with one attached hydrogen (secondary N) is 1. The number of aliphatic carboxylic acids is 1. The van der Waals surface area contributed by atoms with E-state index in [2.05, 4.69) is 5.32 Å². The lowest BCUT2D eigenvalue weighted by Crippen LogP contribution is -2.44. The Morgan fingerprint density at radius 2 is 1.46 bits per heavy atom. The van der Waals surface area contributed by atoms with E-state index in [0.717, 1.165) is 11.1 Å². The second-order valence-corrected chi connectivity index (χ2v) is 5.74. The van der Waals surface area contributed by atoms with Crippen LogP contribution in [0.4, 0.5) is 9.59 Å². The molecular formula is C20H21NO7. The molecule has 0 radical (unpaired) electrons. The van der Waals surface area contributed by atoms with Gasteiger partial charge in [0.2, 0.25) is 0 Å². The summed E-state index contributed by atoms with van der Waals surface area (Å²) >= 11 is 0. The number of carboxylic acids is 1. The molecule has 0 aliphatic carbocycles. The number of carbonyl (C=O) groups excluding carboxylic acids is 2. The number of alkyl carbamates (subject to hydrolysis) is 1. The molecular weight excluding hydrogens is 366 g/mol. The molecule has 0 saturated heterocycles. The first kappa shape index (κ1) is 20.8. The Balaban J connectivity index is 1.68. The predicted octanol–water partition coefficient (Wildman–Crippen LogP) is 2.76. The number of hydrogen-bond donors (Lipinski definition) is 2. The Bertz CT molecular complexity index is 765. The van der Waals surface area contributed by atoms with Crippen molar-refractivity contribution >= 4 is 18.2 Å². The molecule has 1 unspecified atom stereocenters. The average Bonchev–Trinajstić information content (AvgIpc) is 2.71. The van der Waals surface area contributed by atoms with Gasteiger partial charge in [-0.3, -0.25) is 0 Å². The highest BCUT2D eigenvalue weighted by atomic mass is 16.7. The van der Waals surface area contributed by atoms with E-state index in [1.54, 1.807) is 24.3 Å². The summed E-state index contributed by atoms with van der Waals surface area (Å²) in [6.07, 6.45) is -1.44. The molecule has 0 saturated carbocycles. The summed E-state index contributed by atoms with van der Waals surface area (Å²) in [6, 6.07) is 16.9. The number of carboxylic acid groups (broad SMARTS) is 1. The minimum atomic E-state index is -1.45. The highest BCUT2D eigenvalue weighted by Crippen LogP contribution is 2.02. The topological polar surface area (TPSA) is 111 Å². The van der Waals surface area contributed by atoms with Gasteiger partial charge in [0.15, 0.2) is 6.04 Å². The van der Waals surface area contributed by atoms with Gasteiger partial charge in [0.1, 0.15) is 13.2 Å². The molecule has 1 atom stereocenters. The minimum absolute atomic E-state index is 0.0125. The zero-order valence-electron chi connectivity index (χ0n) is 15.1. The third-order valence-electron chi connectivity index (χ3n) is 3.62. The van der Waals surface area contributed by atoms with Crippen LogP contribution in [0.1, 0.15) is 11.1 Å². The maximum atomic E-state index is 11.7. The molecule has 8 heteroatoms.